The van der Waals surface area contributed by atoms with Gasteiger partial charge < -0.3 is 10.4 Å². The van der Waals surface area contributed by atoms with Gasteiger partial charge in [0.2, 0.25) is 0 Å². The molecule has 0 atom stereocenters. The van der Waals surface area contributed by atoms with Crippen molar-refractivity contribution in [1.82, 2.24) is 10.2 Å². The molecule has 2 N–H and O–H groups in total. The van der Waals surface area contributed by atoms with Crippen LogP contribution in [0, 0.1) is 0 Å². The Hall–Kier alpha value is -1.88. The molecule has 2 rings (SSSR count). The van der Waals surface area contributed by atoms with Gasteiger partial charge in [0.1, 0.15) is 11.4 Å². The van der Waals surface area contributed by atoms with Crippen molar-refractivity contribution in [2.75, 3.05) is 7.05 Å². The van der Waals surface area contributed by atoms with Gasteiger partial charge in [-0.3, -0.25) is 9.69 Å². The van der Waals surface area contributed by atoms with Crippen LogP contribution in [0.15, 0.2) is 17.8 Å². The number of phenolic OH excluding ortho intramolecular Hbond substituents is 1. The van der Waals surface area contributed by atoms with Gasteiger partial charge in [0.15, 0.2) is 5.11 Å². The molecule has 1 amide bonds. The molecule has 0 radical (unpaired) electrons. The minimum absolute atomic E-state index is 0.150. The van der Waals surface area contributed by atoms with Crippen LogP contribution >= 0.6 is 12.2 Å². The second kappa shape index (κ2) is 5.88. The predicted molar refractivity (Wildman–Crippen MR) is 102 cm³/mol. The van der Waals surface area contributed by atoms with E-state index in [9.17, 15) is 9.90 Å². The topological polar surface area (TPSA) is 52.6 Å². The van der Waals surface area contributed by atoms with E-state index in [1.54, 1.807) is 13.1 Å². The van der Waals surface area contributed by atoms with Crippen molar-refractivity contribution < 1.29 is 9.90 Å². The fourth-order valence-corrected chi connectivity index (χ4v) is 2.87. The SMILES string of the molecule is CN1C(=O)/C(=C\c2cc(C(C)(C)C)c(O)c(C(C)(C)C)c2)NC1=S. The van der Waals surface area contributed by atoms with Gasteiger partial charge >= 0.3 is 0 Å². The summed E-state index contributed by atoms with van der Waals surface area (Å²) in [5.74, 6) is 0.179. The van der Waals surface area contributed by atoms with E-state index in [-0.39, 0.29) is 16.7 Å². The summed E-state index contributed by atoms with van der Waals surface area (Å²) in [6.45, 7) is 12.4. The van der Waals surface area contributed by atoms with Crippen molar-refractivity contribution in [3.8, 4) is 5.75 Å². The number of nitrogens with zero attached hydrogens (tertiary/aromatic N) is 1. The van der Waals surface area contributed by atoms with Crippen LogP contribution in [0.5, 0.6) is 5.75 Å². The fourth-order valence-electron chi connectivity index (χ4n) is 2.67. The number of phenols is 1. The van der Waals surface area contributed by atoms with Gasteiger partial charge in [0.25, 0.3) is 5.91 Å². The molecule has 0 aliphatic carbocycles. The molecule has 1 aliphatic heterocycles. The van der Waals surface area contributed by atoms with Crippen molar-refractivity contribution in [3.05, 3.63) is 34.5 Å². The molecule has 0 unspecified atom stereocenters. The molecule has 130 valence electrons. The van der Waals surface area contributed by atoms with Gasteiger partial charge in [-0.25, -0.2) is 0 Å². The summed E-state index contributed by atoms with van der Waals surface area (Å²) in [6.07, 6.45) is 1.79. The smallest absolute Gasteiger partial charge is 0.276 e. The normalized spacial score (nSPS) is 17.6. The van der Waals surface area contributed by atoms with Crippen LogP contribution in [-0.2, 0) is 15.6 Å². The molecule has 1 aromatic rings. The van der Waals surface area contributed by atoms with Gasteiger partial charge in [-0.1, -0.05) is 41.5 Å². The number of thiocarbonyl (C=S) groups is 1. The molecule has 1 aromatic carbocycles. The standard InChI is InChI=1S/C19H26N2O2S/c1-18(2,3)12-8-11(9-13(15(12)22)19(4,5)6)10-14-16(23)21(7)17(24)20-14/h8-10,22H,1-7H3,(H,20,24)/b14-10+. The molecule has 4 nitrogen and oxygen atoms in total. The Kier molecular flexibility index (Phi) is 4.53. The highest BCUT2D eigenvalue weighted by molar-refractivity contribution is 7.80. The highest BCUT2D eigenvalue weighted by Gasteiger charge is 2.29. The van der Waals surface area contributed by atoms with Crippen LogP contribution < -0.4 is 5.32 Å². The van der Waals surface area contributed by atoms with Crippen LogP contribution in [0.3, 0.4) is 0 Å². The van der Waals surface area contributed by atoms with Gasteiger partial charge in [0.05, 0.1) is 0 Å². The second-order valence-electron chi connectivity index (χ2n) is 8.32. The first kappa shape index (κ1) is 18.5. The first-order chi connectivity index (χ1) is 10.8. The Bertz CT molecular complexity index is 702. The molecule has 1 fully saturated rings. The largest absolute Gasteiger partial charge is 0.507 e. The number of rotatable bonds is 1. The van der Waals surface area contributed by atoms with Crippen molar-refractivity contribution in [1.29, 1.82) is 0 Å². The molecule has 0 saturated carbocycles. The van der Waals surface area contributed by atoms with E-state index in [1.807, 2.05) is 12.1 Å². The summed E-state index contributed by atoms with van der Waals surface area (Å²) >= 11 is 5.12. The van der Waals surface area contributed by atoms with E-state index in [1.165, 1.54) is 4.90 Å². The van der Waals surface area contributed by atoms with E-state index in [0.717, 1.165) is 16.7 Å². The minimum atomic E-state index is -0.211. The maximum atomic E-state index is 12.2. The van der Waals surface area contributed by atoms with Crippen molar-refractivity contribution >= 4 is 29.3 Å². The molecular weight excluding hydrogens is 320 g/mol. The number of hydrogen-bond acceptors (Lipinski definition) is 3. The van der Waals surface area contributed by atoms with Crippen LogP contribution in [0.1, 0.15) is 58.2 Å². The summed E-state index contributed by atoms with van der Waals surface area (Å²) in [7, 11) is 1.65. The van der Waals surface area contributed by atoms with Gasteiger partial charge in [-0.15, -0.1) is 0 Å². The summed E-state index contributed by atoms with van der Waals surface area (Å²) < 4.78 is 0. The number of nitrogens with one attached hydrogen (secondary N) is 1. The molecule has 24 heavy (non-hydrogen) atoms. The molecule has 0 spiro atoms. The number of carbonyl (C=O) groups is 1. The number of likely N-dealkylation sites (N-methyl/N-ethyl adjacent to an activating group) is 1. The van der Waals surface area contributed by atoms with Crippen LogP contribution in [0.2, 0.25) is 0 Å². The van der Waals surface area contributed by atoms with E-state index < -0.39 is 0 Å². The van der Waals surface area contributed by atoms with E-state index >= 15 is 0 Å². The third-order valence-corrected chi connectivity index (χ3v) is 4.52. The second-order valence-corrected chi connectivity index (χ2v) is 8.70. The Balaban J connectivity index is 2.64. The van der Waals surface area contributed by atoms with E-state index in [2.05, 4.69) is 46.9 Å². The van der Waals surface area contributed by atoms with Gasteiger partial charge in [-0.2, -0.15) is 0 Å². The zero-order valence-corrected chi connectivity index (χ0v) is 16.3. The molecule has 0 aromatic heterocycles. The average Bonchev–Trinajstić information content (AvgIpc) is 2.65. The Morgan fingerprint density at radius 1 is 1.08 bits per heavy atom. The first-order valence-electron chi connectivity index (χ1n) is 8.01. The van der Waals surface area contributed by atoms with Crippen molar-refractivity contribution in [2.45, 2.75) is 52.4 Å². The number of amides is 1. The zero-order valence-electron chi connectivity index (χ0n) is 15.4. The van der Waals surface area contributed by atoms with Gasteiger partial charge in [-0.05, 0) is 46.8 Å². The number of aromatic hydroxyl groups is 1. The summed E-state index contributed by atoms with van der Waals surface area (Å²) in [6, 6.07) is 3.88. The third kappa shape index (κ3) is 3.46. The van der Waals surface area contributed by atoms with Crippen LogP contribution in [0.25, 0.3) is 6.08 Å². The highest BCUT2D eigenvalue weighted by atomic mass is 32.1. The Morgan fingerprint density at radius 2 is 1.54 bits per heavy atom. The molecule has 5 heteroatoms. The lowest BCUT2D eigenvalue weighted by molar-refractivity contribution is -0.121. The third-order valence-electron chi connectivity index (χ3n) is 4.14. The average molecular weight is 346 g/mol. The van der Waals surface area contributed by atoms with Crippen molar-refractivity contribution in [2.24, 2.45) is 0 Å². The fraction of sp³-hybridized carbons (Fsp3) is 0.474. The highest BCUT2D eigenvalue weighted by Crippen LogP contribution is 2.40. The molecular formula is C19H26N2O2S. The first-order valence-corrected chi connectivity index (χ1v) is 8.42. The van der Waals surface area contributed by atoms with Crippen LogP contribution in [0.4, 0.5) is 0 Å². The predicted octanol–water partition coefficient (Wildman–Crippen LogP) is 3.67. The van der Waals surface area contributed by atoms with Crippen LogP contribution in [-0.4, -0.2) is 28.1 Å². The lowest BCUT2D eigenvalue weighted by Crippen LogP contribution is -2.25. The summed E-state index contributed by atoms with van der Waals surface area (Å²) in [5, 5.41) is 14.1. The van der Waals surface area contributed by atoms with E-state index in [4.69, 9.17) is 12.2 Å². The lowest BCUT2D eigenvalue weighted by atomic mass is 9.78. The monoisotopic (exact) mass is 346 g/mol. The molecule has 1 saturated heterocycles. The van der Waals surface area contributed by atoms with E-state index in [0.29, 0.717) is 16.6 Å². The molecule has 1 aliphatic rings. The quantitative estimate of drug-likeness (QED) is 0.602. The molecule has 0 bridgehead atoms. The number of carbonyl (C=O) groups excluding carboxylic acids is 1. The van der Waals surface area contributed by atoms with Crippen molar-refractivity contribution in [3.63, 3.8) is 0 Å². The minimum Gasteiger partial charge on any atom is -0.507 e. The Morgan fingerprint density at radius 3 is 1.88 bits per heavy atom. The summed E-state index contributed by atoms with van der Waals surface area (Å²) in [4.78, 5) is 13.6. The Labute approximate surface area is 149 Å². The van der Waals surface area contributed by atoms with Gasteiger partial charge in [0, 0.05) is 18.2 Å². The number of benzene rings is 1. The zero-order chi connectivity index (χ0) is 18.4. The maximum Gasteiger partial charge on any atom is 0.276 e. The summed E-state index contributed by atoms with van der Waals surface area (Å²) in [5.41, 5.74) is 2.63. The number of hydrogen-bond donors (Lipinski definition) is 2. The lowest BCUT2D eigenvalue weighted by Gasteiger charge is -2.28. The molecule has 1 heterocycles. The maximum absolute atomic E-state index is 12.2.